The van der Waals surface area contributed by atoms with Gasteiger partial charge in [0.25, 0.3) is 11.5 Å². The van der Waals surface area contributed by atoms with E-state index in [9.17, 15) is 14.7 Å². The molecule has 6 aliphatic rings. The predicted molar refractivity (Wildman–Crippen MR) is 129 cm³/mol. The van der Waals surface area contributed by atoms with Crippen LogP contribution in [0, 0.1) is 23.2 Å². The van der Waals surface area contributed by atoms with Gasteiger partial charge in [0.15, 0.2) is 0 Å². The molecule has 3 saturated carbocycles. The minimum absolute atomic E-state index is 0.0221. The van der Waals surface area contributed by atoms with Crippen molar-refractivity contribution in [1.29, 1.82) is 0 Å². The average molecular weight is 473 g/mol. The third kappa shape index (κ3) is 2.52. The van der Waals surface area contributed by atoms with Gasteiger partial charge in [0.1, 0.15) is 11.4 Å². The maximum atomic E-state index is 13.6. The van der Waals surface area contributed by atoms with Gasteiger partial charge >= 0.3 is 0 Å². The van der Waals surface area contributed by atoms with Crippen molar-refractivity contribution >= 4 is 5.91 Å². The van der Waals surface area contributed by atoms with E-state index >= 15 is 0 Å². The van der Waals surface area contributed by atoms with Gasteiger partial charge in [0, 0.05) is 36.7 Å². The monoisotopic (exact) mass is 472 g/mol. The van der Waals surface area contributed by atoms with Gasteiger partial charge in [-0.25, -0.2) is 4.98 Å². The Hall–Kier alpha value is -2.67. The molecule has 0 spiro atoms. The van der Waals surface area contributed by atoms with Crippen molar-refractivity contribution in [3.05, 3.63) is 57.8 Å². The predicted octanol–water partition coefficient (Wildman–Crippen LogP) is 2.69. The van der Waals surface area contributed by atoms with Crippen molar-refractivity contribution < 1.29 is 9.90 Å². The number of carbonyl (C=O) groups excluding carboxylic acids is 1. The molecule has 3 heterocycles. The van der Waals surface area contributed by atoms with Gasteiger partial charge in [-0.1, -0.05) is 6.07 Å². The highest BCUT2D eigenvalue weighted by Gasteiger charge is 2.76. The Morgan fingerprint density at radius 1 is 1.20 bits per heavy atom. The first-order valence-electron chi connectivity index (χ1n) is 13.4. The Balaban J connectivity index is 1.25. The zero-order chi connectivity index (χ0) is 23.5. The van der Waals surface area contributed by atoms with Crippen LogP contribution in [-0.2, 0) is 11.8 Å². The van der Waals surface area contributed by atoms with Gasteiger partial charge in [0.05, 0.1) is 6.33 Å². The molecule has 5 fully saturated rings. The van der Waals surface area contributed by atoms with Crippen molar-refractivity contribution in [3.8, 4) is 5.75 Å². The van der Waals surface area contributed by atoms with Crippen LogP contribution in [0.5, 0.6) is 5.75 Å². The fourth-order valence-electron chi connectivity index (χ4n) is 9.81. The van der Waals surface area contributed by atoms with Gasteiger partial charge in [-0.15, -0.1) is 0 Å². The summed E-state index contributed by atoms with van der Waals surface area (Å²) in [6.07, 6.45) is 9.64. The maximum absolute atomic E-state index is 13.6. The Labute approximate surface area is 204 Å². The van der Waals surface area contributed by atoms with E-state index in [2.05, 4.69) is 31.9 Å². The van der Waals surface area contributed by atoms with Crippen LogP contribution in [0.15, 0.2) is 35.4 Å². The number of fused-ring (bicyclic) bond motifs is 1. The van der Waals surface area contributed by atoms with E-state index in [0.29, 0.717) is 23.6 Å². The molecule has 35 heavy (non-hydrogen) atoms. The number of nitrogens with zero attached hydrogens (tertiary/aromatic N) is 3. The van der Waals surface area contributed by atoms with E-state index in [1.54, 1.807) is 0 Å². The number of hydrogen-bond donors (Lipinski definition) is 2. The third-order valence-corrected chi connectivity index (χ3v) is 10.9. The zero-order valence-corrected chi connectivity index (χ0v) is 19.9. The van der Waals surface area contributed by atoms with E-state index in [-0.39, 0.29) is 34.0 Å². The Bertz CT molecular complexity index is 1300. The van der Waals surface area contributed by atoms with Crippen molar-refractivity contribution in [1.82, 2.24) is 19.8 Å². The number of rotatable bonds is 3. The number of nitrogens with one attached hydrogen (secondary N) is 1. The molecule has 182 valence electrons. The molecule has 6 atom stereocenters. The van der Waals surface area contributed by atoms with Crippen molar-refractivity contribution in [2.75, 3.05) is 19.6 Å². The number of carbonyl (C=O) groups is 1. The highest BCUT2D eigenvalue weighted by molar-refractivity contribution is 5.92. The molecule has 4 bridgehead atoms. The number of aromatic nitrogens is 2. The second-order valence-corrected chi connectivity index (χ2v) is 12.2. The molecule has 0 radical (unpaired) electrons. The fraction of sp³-hybridized carbons (Fsp3) is 0.607. The highest BCUT2D eigenvalue weighted by Crippen LogP contribution is 2.75. The van der Waals surface area contributed by atoms with Gasteiger partial charge < -0.3 is 15.0 Å². The van der Waals surface area contributed by atoms with Crippen molar-refractivity contribution in [2.24, 2.45) is 23.2 Å². The molecule has 1 aromatic heterocycles. The summed E-state index contributed by atoms with van der Waals surface area (Å²) in [7, 11) is 0. The summed E-state index contributed by atoms with van der Waals surface area (Å²) in [5.41, 5.74) is 3.01. The molecule has 7 heteroatoms. The number of H-pyrrole nitrogens is 1. The van der Waals surface area contributed by atoms with Gasteiger partial charge in [-0.05, 0) is 97.9 Å². The number of aromatic hydroxyl groups is 1. The number of amides is 1. The molecule has 7 nitrogen and oxygen atoms in total. The van der Waals surface area contributed by atoms with Crippen LogP contribution in [0.1, 0.15) is 60.1 Å². The molecule has 2 saturated heterocycles. The van der Waals surface area contributed by atoms with E-state index < -0.39 is 0 Å². The van der Waals surface area contributed by atoms with E-state index in [1.165, 1.54) is 49.3 Å². The number of piperidine rings is 1. The normalized spacial score (nSPS) is 38.8. The van der Waals surface area contributed by atoms with Crippen LogP contribution in [0.4, 0.5) is 0 Å². The third-order valence-electron chi connectivity index (χ3n) is 10.9. The average Bonchev–Trinajstić information content (AvgIpc) is 3.54. The van der Waals surface area contributed by atoms with Crippen LogP contribution in [0.2, 0.25) is 0 Å². The largest absolute Gasteiger partial charge is 0.508 e. The van der Waals surface area contributed by atoms with Crippen LogP contribution in [-0.4, -0.2) is 62.5 Å². The fourth-order valence-corrected chi connectivity index (χ4v) is 9.81. The number of likely N-dealkylation sites (tertiary alicyclic amines) is 2. The second kappa shape index (κ2) is 6.75. The molecule has 1 amide bonds. The van der Waals surface area contributed by atoms with Crippen LogP contribution in [0.3, 0.4) is 0 Å². The van der Waals surface area contributed by atoms with Gasteiger partial charge in [0.2, 0.25) is 0 Å². The lowest BCUT2D eigenvalue weighted by Crippen LogP contribution is -2.69. The molecule has 8 rings (SSSR count). The summed E-state index contributed by atoms with van der Waals surface area (Å²) in [6.45, 7) is 3.13. The molecular weight excluding hydrogens is 440 g/mol. The summed E-state index contributed by atoms with van der Waals surface area (Å²) < 4.78 is 0. The topological polar surface area (TPSA) is 89.5 Å². The highest BCUT2D eigenvalue weighted by atomic mass is 16.3. The standard InChI is InChI=1S/C28H32N4O3/c33-19-4-3-17-9-23-27-6-5-22-25(28(27,20(17)10-19)7-8-31(23)13-16-1-2-16)18(12-27)14-32(22)26(35)21-11-24(34)30-15-29-21/h3-4,10-11,15-16,18,22-23,25,33H,1-2,5-9,12-14H2,(H,29,30,34)/t18-,22?,23?,25?,27-,28?/m1/s1. The quantitative estimate of drug-likeness (QED) is 0.717. The Morgan fingerprint density at radius 3 is 2.91 bits per heavy atom. The first-order valence-corrected chi connectivity index (χ1v) is 13.4. The smallest absolute Gasteiger partial charge is 0.272 e. The molecule has 4 unspecified atom stereocenters. The molecule has 2 aromatic rings. The van der Waals surface area contributed by atoms with Crippen molar-refractivity contribution in [3.63, 3.8) is 0 Å². The van der Waals surface area contributed by atoms with Gasteiger partial charge in [-0.2, -0.15) is 0 Å². The molecule has 2 aliphatic heterocycles. The lowest BCUT2D eigenvalue weighted by Gasteiger charge is -2.66. The van der Waals surface area contributed by atoms with Crippen molar-refractivity contribution in [2.45, 2.75) is 62.4 Å². The van der Waals surface area contributed by atoms with E-state index in [1.807, 2.05) is 6.07 Å². The minimum Gasteiger partial charge on any atom is -0.508 e. The Morgan fingerprint density at radius 2 is 2.09 bits per heavy atom. The number of aromatic amines is 1. The zero-order valence-electron chi connectivity index (χ0n) is 19.9. The van der Waals surface area contributed by atoms with Crippen LogP contribution in [0.25, 0.3) is 0 Å². The summed E-state index contributed by atoms with van der Waals surface area (Å²) in [5.74, 6) is 2.02. The summed E-state index contributed by atoms with van der Waals surface area (Å²) >= 11 is 0. The number of benzene rings is 1. The first-order chi connectivity index (χ1) is 17.0. The molecule has 2 N–H and O–H groups in total. The molecular formula is C28H32N4O3. The number of phenolic OH excluding ortho intramolecular Hbond substituents is 1. The second-order valence-electron chi connectivity index (χ2n) is 12.2. The maximum Gasteiger partial charge on any atom is 0.272 e. The van der Waals surface area contributed by atoms with E-state index in [0.717, 1.165) is 44.7 Å². The number of phenols is 1. The summed E-state index contributed by atoms with van der Waals surface area (Å²) in [4.78, 5) is 37.1. The summed E-state index contributed by atoms with van der Waals surface area (Å²) in [6, 6.07) is 8.19. The first kappa shape index (κ1) is 20.5. The Kier molecular flexibility index (Phi) is 3.96. The van der Waals surface area contributed by atoms with Crippen LogP contribution >= 0.6 is 0 Å². The summed E-state index contributed by atoms with van der Waals surface area (Å²) in [5, 5.41) is 10.6. The van der Waals surface area contributed by atoms with Gasteiger partial charge in [-0.3, -0.25) is 14.5 Å². The molecule has 1 aromatic carbocycles. The van der Waals surface area contributed by atoms with E-state index in [4.69, 9.17) is 0 Å². The minimum atomic E-state index is -0.286. The lowest BCUT2D eigenvalue weighted by molar-refractivity contribution is -0.102. The molecule has 4 aliphatic carbocycles. The lowest BCUT2D eigenvalue weighted by atomic mass is 9.43. The SMILES string of the molecule is O=C(c1cc(=O)[nH]cn1)N1C[C@H]2C[C@@]34CCC1C2C31CCN(CC2CC2)C4Cc2ccc(O)cc21. The number of hydrogen-bond acceptors (Lipinski definition) is 5. The van der Waals surface area contributed by atoms with Crippen LogP contribution < -0.4 is 5.56 Å².